The molecule has 4 heteroatoms. The third-order valence-electron chi connectivity index (χ3n) is 5.79. The van der Waals surface area contributed by atoms with E-state index in [4.69, 9.17) is 0 Å². The Morgan fingerprint density at radius 2 is 1.32 bits per heavy atom. The highest BCUT2D eigenvalue weighted by atomic mass is 16.2. The third kappa shape index (κ3) is 4.66. The summed E-state index contributed by atoms with van der Waals surface area (Å²) in [4.78, 5) is 26.1. The summed E-state index contributed by atoms with van der Waals surface area (Å²) in [6.45, 7) is 0.405. The number of anilines is 1. The maximum Gasteiger partial charge on any atom is 0.253 e. The number of fused-ring (bicyclic) bond motifs is 2. The molecule has 5 aromatic carbocycles. The van der Waals surface area contributed by atoms with Gasteiger partial charge in [0, 0.05) is 6.54 Å². The van der Waals surface area contributed by atoms with Crippen LogP contribution in [0.25, 0.3) is 21.5 Å². The van der Waals surface area contributed by atoms with E-state index >= 15 is 0 Å². The predicted molar refractivity (Wildman–Crippen MR) is 138 cm³/mol. The van der Waals surface area contributed by atoms with E-state index in [9.17, 15) is 9.59 Å². The number of carbonyl (C=O) groups is 2. The largest absolute Gasteiger partial charge is 0.348 e. The number of benzene rings is 5. The first-order valence-corrected chi connectivity index (χ1v) is 11.2. The van der Waals surface area contributed by atoms with Crippen molar-refractivity contribution in [2.45, 2.75) is 6.54 Å². The minimum absolute atomic E-state index is 0.241. The van der Waals surface area contributed by atoms with Crippen LogP contribution in [0.5, 0.6) is 0 Å². The van der Waals surface area contributed by atoms with E-state index in [2.05, 4.69) is 10.6 Å². The number of hydrogen-bond acceptors (Lipinski definition) is 2. The normalized spacial score (nSPS) is 10.8. The molecule has 5 aromatic rings. The fourth-order valence-corrected chi connectivity index (χ4v) is 4.09. The van der Waals surface area contributed by atoms with E-state index in [1.165, 1.54) is 0 Å². The van der Waals surface area contributed by atoms with Crippen LogP contribution in [-0.2, 0) is 11.3 Å². The standard InChI is InChI=1S/C30H23N2O2/c33-29(19-25-15-8-14-22-11-6-7-16-26(22)25)32-28-18-24-13-5-4-12-23(24)17-27(28)30(34)31-20-21-9-2-1-3-10-21/h1-19H,20H2,(H,31,34)(H,32,33). The van der Waals surface area contributed by atoms with Gasteiger partial charge in [-0.05, 0) is 44.8 Å². The molecular formula is C30H23N2O2. The number of hydrogen-bond donors (Lipinski definition) is 2. The van der Waals surface area contributed by atoms with Gasteiger partial charge in [0.05, 0.1) is 17.7 Å². The summed E-state index contributed by atoms with van der Waals surface area (Å²) in [5.74, 6) is -0.529. The Kier molecular flexibility index (Phi) is 6.04. The van der Waals surface area contributed by atoms with Gasteiger partial charge in [-0.25, -0.2) is 0 Å². The molecular weight excluding hydrogens is 420 g/mol. The number of carbonyl (C=O) groups excluding carboxylic acids is 2. The van der Waals surface area contributed by atoms with Gasteiger partial charge in [-0.2, -0.15) is 0 Å². The molecule has 0 saturated carbocycles. The molecule has 165 valence electrons. The number of amides is 2. The number of nitrogens with one attached hydrogen (secondary N) is 2. The zero-order chi connectivity index (χ0) is 23.3. The van der Waals surface area contributed by atoms with E-state index in [0.29, 0.717) is 17.8 Å². The van der Waals surface area contributed by atoms with E-state index in [1.54, 1.807) is 6.42 Å². The monoisotopic (exact) mass is 443 g/mol. The van der Waals surface area contributed by atoms with Crippen LogP contribution in [0.1, 0.15) is 21.5 Å². The lowest BCUT2D eigenvalue weighted by Crippen LogP contribution is -2.25. The highest BCUT2D eigenvalue weighted by Gasteiger charge is 2.16. The summed E-state index contributed by atoms with van der Waals surface area (Å²) in [7, 11) is 0. The van der Waals surface area contributed by atoms with E-state index in [0.717, 1.165) is 32.7 Å². The van der Waals surface area contributed by atoms with Crippen molar-refractivity contribution in [2.75, 3.05) is 5.32 Å². The van der Waals surface area contributed by atoms with Gasteiger partial charge in [0.1, 0.15) is 0 Å². The second-order valence-electron chi connectivity index (χ2n) is 8.12. The molecule has 4 nitrogen and oxygen atoms in total. The molecule has 0 saturated heterocycles. The second kappa shape index (κ2) is 9.59. The van der Waals surface area contributed by atoms with Crippen molar-refractivity contribution >= 4 is 39.0 Å². The molecule has 0 aliphatic heterocycles. The van der Waals surface area contributed by atoms with Gasteiger partial charge in [0.25, 0.3) is 5.91 Å². The minimum Gasteiger partial charge on any atom is -0.348 e. The molecule has 0 spiro atoms. The molecule has 0 bridgehead atoms. The Bertz CT molecular complexity index is 1490. The van der Waals surface area contributed by atoms with Crippen molar-refractivity contribution in [3.8, 4) is 0 Å². The summed E-state index contributed by atoms with van der Waals surface area (Å²) in [5.41, 5.74) is 2.73. The molecule has 0 unspecified atom stereocenters. The minimum atomic E-state index is -0.288. The average molecular weight is 444 g/mol. The van der Waals surface area contributed by atoms with Gasteiger partial charge < -0.3 is 10.6 Å². The second-order valence-corrected chi connectivity index (χ2v) is 8.12. The molecule has 0 fully saturated rings. The average Bonchev–Trinajstić information content (AvgIpc) is 2.87. The third-order valence-corrected chi connectivity index (χ3v) is 5.79. The van der Waals surface area contributed by atoms with Crippen molar-refractivity contribution in [2.24, 2.45) is 0 Å². The van der Waals surface area contributed by atoms with Crippen LogP contribution in [-0.4, -0.2) is 11.8 Å². The Morgan fingerprint density at radius 3 is 2.12 bits per heavy atom. The zero-order valence-electron chi connectivity index (χ0n) is 18.5. The topological polar surface area (TPSA) is 58.2 Å². The number of rotatable bonds is 6. The van der Waals surface area contributed by atoms with Crippen LogP contribution < -0.4 is 10.6 Å². The quantitative estimate of drug-likeness (QED) is 0.332. The maximum atomic E-state index is 13.1. The van der Waals surface area contributed by atoms with Crippen LogP contribution in [0.4, 0.5) is 5.69 Å². The SMILES string of the molecule is O=C([CH]c1cccc2ccccc12)Nc1cc2ccccc2cc1C(=O)NCc1ccccc1. The van der Waals surface area contributed by atoms with Crippen LogP contribution >= 0.6 is 0 Å². The molecule has 5 rings (SSSR count). The van der Waals surface area contributed by atoms with Crippen LogP contribution in [0.2, 0.25) is 0 Å². The maximum absolute atomic E-state index is 13.1. The Balaban J connectivity index is 1.42. The lowest BCUT2D eigenvalue weighted by Gasteiger charge is -2.14. The first-order valence-electron chi connectivity index (χ1n) is 11.2. The van der Waals surface area contributed by atoms with Gasteiger partial charge in [-0.1, -0.05) is 97.1 Å². The Hall–Kier alpha value is -4.44. The van der Waals surface area contributed by atoms with Gasteiger partial charge in [0.15, 0.2) is 0 Å². The lowest BCUT2D eigenvalue weighted by atomic mass is 10.0. The Morgan fingerprint density at radius 1 is 0.676 bits per heavy atom. The highest BCUT2D eigenvalue weighted by molar-refractivity contribution is 6.10. The van der Waals surface area contributed by atoms with Crippen molar-refractivity contribution < 1.29 is 9.59 Å². The molecule has 0 heterocycles. The smallest absolute Gasteiger partial charge is 0.253 e. The Labute approximate surface area is 198 Å². The molecule has 34 heavy (non-hydrogen) atoms. The molecule has 0 aliphatic carbocycles. The van der Waals surface area contributed by atoms with Crippen LogP contribution in [0.15, 0.2) is 109 Å². The summed E-state index contributed by atoms with van der Waals surface area (Å²) >= 11 is 0. The van der Waals surface area contributed by atoms with Gasteiger partial charge in [-0.15, -0.1) is 0 Å². The first-order chi connectivity index (χ1) is 16.7. The predicted octanol–water partition coefficient (Wildman–Crippen LogP) is 6.11. The van der Waals surface area contributed by atoms with Crippen LogP contribution in [0, 0.1) is 6.42 Å². The molecule has 0 aliphatic rings. The van der Waals surface area contributed by atoms with Crippen molar-refractivity contribution in [3.05, 3.63) is 132 Å². The summed E-state index contributed by atoms with van der Waals surface area (Å²) in [6, 6.07) is 35.0. The van der Waals surface area contributed by atoms with Gasteiger partial charge in [0.2, 0.25) is 5.91 Å². The van der Waals surface area contributed by atoms with Gasteiger partial charge >= 0.3 is 0 Å². The van der Waals surface area contributed by atoms with Gasteiger partial charge in [-0.3, -0.25) is 9.59 Å². The molecule has 0 atom stereocenters. The summed E-state index contributed by atoms with van der Waals surface area (Å²) in [5, 5.41) is 9.85. The highest BCUT2D eigenvalue weighted by Crippen LogP contribution is 2.26. The molecule has 1 radical (unpaired) electrons. The molecule has 2 N–H and O–H groups in total. The van der Waals surface area contributed by atoms with Crippen molar-refractivity contribution in [1.29, 1.82) is 0 Å². The first kappa shape index (κ1) is 21.4. The van der Waals surface area contributed by atoms with Crippen LogP contribution in [0.3, 0.4) is 0 Å². The summed E-state index contributed by atoms with van der Waals surface area (Å²) in [6.07, 6.45) is 1.57. The molecule has 2 amide bonds. The van der Waals surface area contributed by atoms with Crippen molar-refractivity contribution in [1.82, 2.24) is 5.32 Å². The zero-order valence-corrected chi connectivity index (χ0v) is 18.5. The van der Waals surface area contributed by atoms with E-state index < -0.39 is 0 Å². The molecule has 0 aromatic heterocycles. The van der Waals surface area contributed by atoms with Crippen molar-refractivity contribution in [3.63, 3.8) is 0 Å². The summed E-state index contributed by atoms with van der Waals surface area (Å²) < 4.78 is 0. The fourth-order valence-electron chi connectivity index (χ4n) is 4.09. The van der Waals surface area contributed by atoms with E-state index in [1.807, 2.05) is 109 Å². The fraction of sp³-hybridized carbons (Fsp3) is 0.0333. The lowest BCUT2D eigenvalue weighted by molar-refractivity contribution is -0.112. The van der Waals surface area contributed by atoms with E-state index in [-0.39, 0.29) is 11.8 Å².